The first-order valence-electron chi connectivity index (χ1n) is 7.26. The highest BCUT2D eigenvalue weighted by atomic mass is 16.7. The molecule has 1 fully saturated rings. The number of rotatable bonds is 3. The molecule has 1 saturated heterocycles. The van der Waals surface area contributed by atoms with Gasteiger partial charge in [-0.25, -0.2) is 0 Å². The summed E-state index contributed by atoms with van der Waals surface area (Å²) in [6, 6.07) is 5.54. The third kappa shape index (κ3) is 2.84. The van der Waals surface area contributed by atoms with Crippen LogP contribution in [0.15, 0.2) is 43.0 Å². The molecule has 22 heavy (non-hydrogen) atoms. The van der Waals surface area contributed by atoms with Gasteiger partial charge in [0.05, 0.1) is 23.6 Å². The average molecular weight is 298 g/mol. The Morgan fingerprint density at radius 2 is 1.64 bits per heavy atom. The van der Waals surface area contributed by atoms with Gasteiger partial charge in [-0.15, -0.1) is 0 Å². The summed E-state index contributed by atoms with van der Waals surface area (Å²) in [5.74, 6) is 1.29. The smallest absolute Gasteiger partial charge is 0.454 e. The summed E-state index contributed by atoms with van der Waals surface area (Å²) in [6.07, 6.45) is 6.74. The van der Waals surface area contributed by atoms with E-state index < -0.39 is 7.12 Å². The van der Waals surface area contributed by atoms with E-state index in [1.807, 2.05) is 45.9 Å². The molecular weight excluding hydrogens is 279 g/mol. The third-order valence-electron chi connectivity index (χ3n) is 4.13. The molecule has 0 N–H and O–H groups in total. The quantitative estimate of drug-likeness (QED) is 0.815. The summed E-state index contributed by atoms with van der Waals surface area (Å²) in [6.45, 7) is 8.10. The minimum Gasteiger partial charge on any atom is -0.454 e. The van der Waals surface area contributed by atoms with Gasteiger partial charge in [0.25, 0.3) is 0 Å². The number of hydrogen-bond acceptors (Lipinski definition) is 5. The van der Waals surface area contributed by atoms with Gasteiger partial charge in [-0.1, -0.05) is 0 Å². The second kappa shape index (κ2) is 5.37. The predicted molar refractivity (Wildman–Crippen MR) is 84.3 cm³/mol. The summed E-state index contributed by atoms with van der Waals surface area (Å²) in [4.78, 5) is 8.24. The standard InChI is InChI=1S/C16H19BN2O3/c1-15(2)16(3,4)22-17(21-15)12-8-14(11-19-9-12)20-13-6-5-7-18-10-13/h5-11H,1-4H3. The number of aromatic nitrogens is 2. The van der Waals surface area contributed by atoms with Crippen molar-refractivity contribution in [1.82, 2.24) is 9.97 Å². The molecule has 0 unspecified atom stereocenters. The molecule has 6 heteroatoms. The molecule has 3 heterocycles. The fraction of sp³-hybridized carbons (Fsp3) is 0.375. The number of pyridine rings is 2. The molecule has 5 nitrogen and oxygen atoms in total. The zero-order chi connectivity index (χ0) is 15.8. The van der Waals surface area contributed by atoms with Gasteiger partial charge in [0.2, 0.25) is 0 Å². The molecule has 0 bridgehead atoms. The van der Waals surface area contributed by atoms with Crippen LogP contribution in [0.2, 0.25) is 0 Å². The van der Waals surface area contributed by atoms with Crippen molar-refractivity contribution < 1.29 is 14.0 Å². The van der Waals surface area contributed by atoms with Crippen LogP contribution < -0.4 is 10.2 Å². The maximum Gasteiger partial charge on any atom is 0.496 e. The zero-order valence-corrected chi connectivity index (χ0v) is 13.2. The van der Waals surface area contributed by atoms with Crippen LogP contribution in [0.25, 0.3) is 0 Å². The fourth-order valence-electron chi connectivity index (χ4n) is 2.14. The van der Waals surface area contributed by atoms with Gasteiger partial charge in [-0.3, -0.25) is 9.97 Å². The summed E-state index contributed by atoms with van der Waals surface area (Å²) in [5.41, 5.74) is 0.0792. The highest BCUT2D eigenvalue weighted by Gasteiger charge is 2.51. The Kier molecular flexibility index (Phi) is 3.66. The van der Waals surface area contributed by atoms with Crippen LogP contribution in [0.5, 0.6) is 11.5 Å². The Morgan fingerprint density at radius 1 is 0.955 bits per heavy atom. The maximum atomic E-state index is 6.03. The molecular formula is C16H19BN2O3. The first-order valence-corrected chi connectivity index (χ1v) is 7.26. The van der Waals surface area contributed by atoms with Crippen LogP contribution in [0, 0.1) is 0 Å². The van der Waals surface area contributed by atoms with Crippen LogP contribution in [-0.4, -0.2) is 28.3 Å². The Labute approximate surface area is 130 Å². The summed E-state index contributed by atoms with van der Waals surface area (Å²) < 4.78 is 17.8. The maximum absolute atomic E-state index is 6.03. The van der Waals surface area contributed by atoms with Crippen LogP contribution in [-0.2, 0) is 9.31 Å². The van der Waals surface area contributed by atoms with Crippen molar-refractivity contribution in [2.75, 3.05) is 0 Å². The first-order chi connectivity index (χ1) is 10.4. The Morgan fingerprint density at radius 3 is 2.27 bits per heavy atom. The predicted octanol–water partition coefficient (Wildman–Crippen LogP) is 2.57. The first kappa shape index (κ1) is 15.0. The van der Waals surface area contributed by atoms with Gasteiger partial charge in [0.1, 0.15) is 11.5 Å². The lowest BCUT2D eigenvalue weighted by Crippen LogP contribution is -2.41. The molecule has 2 aromatic heterocycles. The summed E-state index contributed by atoms with van der Waals surface area (Å²) in [7, 11) is -0.449. The van der Waals surface area contributed by atoms with Crippen molar-refractivity contribution in [2.45, 2.75) is 38.9 Å². The summed E-state index contributed by atoms with van der Waals surface area (Å²) >= 11 is 0. The molecule has 2 aromatic rings. The van der Waals surface area contributed by atoms with E-state index in [1.54, 1.807) is 24.8 Å². The summed E-state index contributed by atoms with van der Waals surface area (Å²) in [5, 5.41) is 0. The van der Waals surface area contributed by atoms with Crippen LogP contribution >= 0.6 is 0 Å². The van der Waals surface area contributed by atoms with Crippen molar-refractivity contribution in [3.8, 4) is 11.5 Å². The van der Waals surface area contributed by atoms with E-state index in [0.717, 1.165) is 5.46 Å². The van der Waals surface area contributed by atoms with Crippen LogP contribution in [0.3, 0.4) is 0 Å². The second-order valence-electron chi connectivity index (χ2n) is 6.33. The van der Waals surface area contributed by atoms with Crippen LogP contribution in [0.4, 0.5) is 0 Å². The van der Waals surface area contributed by atoms with Gasteiger partial charge in [-0.2, -0.15) is 0 Å². The van der Waals surface area contributed by atoms with Gasteiger partial charge in [0.15, 0.2) is 0 Å². The normalized spacial score (nSPS) is 19.2. The molecule has 0 aliphatic carbocycles. The van der Waals surface area contributed by atoms with Crippen molar-refractivity contribution in [1.29, 1.82) is 0 Å². The minimum absolute atomic E-state index is 0.377. The molecule has 0 atom stereocenters. The fourth-order valence-corrected chi connectivity index (χ4v) is 2.14. The molecule has 1 aliphatic rings. The minimum atomic E-state index is -0.449. The van der Waals surface area contributed by atoms with Crippen molar-refractivity contribution in [2.24, 2.45) is 0 Å². The van der Waals surface area contributed by atoms with Gasteiger partial charge in [0, 0.05) is 17.9 Å². The van der Waals surface area contributed by atoms with E-state index >= 15 is 0 Å². The Balaban J connectivity index is 1.81. The van der Waals surface area contributed by atoms with Gasteiger partial charge in [-0.05, 0) is 45.9 Å². The Bertz CT molecular complexity index is 645. The zero-order valence-electron chi connectivity index (χ0n) is 13.2. The number of ether oxygens (including phenoxy) is 1. The second-order valence-corrected chi connectivity index (χ2v) is 6.33. The van der Waals surface area contributed by atoms with Crippen molar-refractivity contribution in [3.05, 3.63) is 43.0 Å². The van der Waals surface area contributed by atoms with E-state index in [4.69, 9.17) is 14.0 Å². The van der Waals surface area contributed by atoms with Gasteiger partial charge < -0.3 is 14.0 Å². The van der Waals surface area contributed by atoms with Crippen LogP contribution in [0.1, 0.15) is 27.7 Å². The lowest BCUT2D eigenvalue weighted by molar-refractivity contribution is 0.00578. The van der Waals surface area contributed by atoms with Gasteiger partial charge >= 0.3 is 7.12 Å². The van der Waals surface area contributed by atoms with E-state index in [0.29, 0.717) is 11.5 Å². The SMILES string of the molecule is CC1(C)OB(c2cncc(Oc3cccnc3)c2)OC1(C)C. The number of nitrogens with zero attached hydrogens (tertiary/aromatic N) is 2. The molecule has 114 valence electrons. The van der Waals surface area contributed by atoms with E-state index in [2.05, 4.69) is 9.97 Å². The lowest BCUT2D eigenvalue weighted by atomic mass is 9.80. The molecule has 0 radical (unpaired) electrons. The topological polar surface area (TPSA) is 53.5 Å². The van der Waals surface area contributed by atoms with Crippen molar-refractivity contribution in [3.63, 3.8) is 0 Å². The number of hydrogen-bond donors (Lipinski definition) is 0. The molecule has 0 amide bonds. The molecule has 0 aromatic carbocycles. The largest absolute Gasteiger partial charge is 0.496 e. The lowest BCUT2D eigenvalue weighted by Gasteiger charge is -2.32. The third-order valence-corrected chi connectivity index (χ3v) is 4.13. The molecule has 3 rings (SSSR count). The highest BCUT2D eigenvalue weighted by Crippen LogP contribution is 2.36. The van der Waals surface area contributed by atoms with E-state index in [-0.39, 0.29) is 11.2 Å². The molecule has 0 spiro atoms. The monoisotopic (exact) mass is 298 g/mol. The Hall–Kier alpha value is -1.92. The van der Waals surface area contributed by atoms with E-state index in [9.17, 15) is 0 Å². The highest BCUT2D eigenvalue weighted by molar-refractivity contribution is 6.62. The molecule has 1 aliphatic heterocycles. The molecule has 0 saturated carbocycles. The average Bonchev–Trinajstić information content (AvgIpc) is 2.69. The van der Waals surface area contributed by atoms with Crippen molar-refractivity contribution >= 4 is 12.6 Å². The van der Waals surface area contributed by atoms with E-state index in [1.165, 1.54) is 0 Å².